The van der Waals surface area contributed by atoms with E-state index < -0.39 is 22.5 Å². The van der Waals surface area contributed by atoms with Crippen molar-refractivity contribution in [1.29, 1.82) is 0 Å². The predicted octanol–water partition coefficient (Wildman–Crippen LogP) is 4.19. The topological polar surface area (TPSA) is 88.1 Å². The van der Waals surface area contributed by atoms with Crippen LogP contribution in [0.25, 0.3) is 0 Å². The molecule has 0 atom stereocenters. The lowest BCUT2D eigenvalue weighted by Gasteiger charge is -2.25. The number of benzene rings is 3. The third kappa shape index (κ3) is 5.95. The van der Waals surface area contributed by atoms with E-state index in [1.54, 1.807) is 49.4 Å². The number of carbonyl (C=O) groups is 1. The minimum Gasteiger partial charge on any atom is -0.492 e. The highest BCUT2D eigenvalue weighted by molar-refractivity contribution is 9.10. The summed E-state index contributed by atoms with van der Waals surface area (Å²) in [5, 5.41) is 3.94. The van der Waals surface area contributed by atoms with Gasteiger partial charge in [0, 0.05) is 4.47 Å². The van der Waals surface area contributed by atoms with Gasteiger partial charge in [-0.3, -0.25) is 9.10 Å². The van der Waals surface area contributed by atoms with Crippen molar-refractivity contribution in [3.05, 3.63) is 88.9 Å². The molecular weight excluding hydrogens is 494 g/mol. The smallest absolute Gasteiger partial charge is 0.264 e. The number of carbonyl (C=O) groups excluding carboxylic acids is 1. The van der Waals surface area contributed by atoms with Crippen LogP contribution in [0.1, 0.15) is 12.5 Å². The summed E-state index contributed by atoms with van der Waals surface area (Å²) in [7, 11) is -4.04. The number of sulfonamides is 1. The maximum absolute atomic E-state index is 13.4. The first-order valence-corrected chi connectivity index (χ1v) is 12.0. The van der Waals surface area contributed by atoms with Crippen LogP contribution in [0.15, 0.2) is 93.3 Å². The first-order valence-electron chi connectivity index (χ1n) is 9.79. The fourth-order valence-corrected chi connectivity index (χ4v) is 4.76. The quantitative estimate of drug-likeness (QED) is 0.341. The van der Waals surface area contributed by atoms with Crippen molar-refractivity contribution in [3.63, 3.8) is 0 Å². The number of para-hydroxylation sites is 2. The first-order chi connectivity index (χ1) is 15.4. The molecule has 0 heterocycles. The van der Waals surface area contributed by atoms with E-state index in [0.29, 0.717) is 12.4 Å². The molecule has 0 aliphatic heterocycles. The molecule has 0 bridgehead atoms. The molecule has 0 aliphatic rings. The third-order valence-electron chi connectivity index (χ3n) is 4.30. The Morgan fingerprint density at radius 1 is 1.06 bits per heavy atom. The summed E-state index contributed by atoms with van der Waals surface area (Å²) >= 11 is 3.37. The number of anilines is 1. The van der Waals surface area contributed by atoms with E-state index in [4.69, 9.17) is 4.74 Å². The number of hydrogen-bond donors (Lipinski definition) is 1. The summed E-state index contributed by atoms with van der Waals surface area (Å²) in [6.45, 7) is 1.67. The molecule has 1 amide bonds. The summed E-state index contributed by atoms with van der Waals surface area (Å²) < 4.78 is 34.3. The van der Waals surface area contributed by atoms with Crippen LogP contribution >= 0.6 is 15.9 Å². The van der Waals surface area contributed by atoms with Crippen molar-refractivity contribution in [1.82, 2.24) is 5.43 Å². The molecule has 0 aliphatic carbocycles. The van der Waals surface area contributed by atoms with Crippen LogP contribution in [0.3, 0.4) is 0 Å². The van der Waals surface area contributed by atoms with E-state index in [9.17, 15) is 13.2 Å². The molecule has 3 rings (SSSR count). The summed E-state index contributed by atoms with van der Waals surface area (Å²) in [6.07, 6.45) is 1.48. The molecule has 32 heavy (non-hydrogen) atoms. The Kier molecular flexibility index (Phi) is 8.02. The normalized spacial score (nSPS) is 11.3. The SMILES string of the molecule is CCOc1ccccc1N(CC(=O)N/N=C/c1cccc(Br)c1)S(=O)(=O)c1ccccc1. The maximum Gasteiger partial charge on any atom is 0.264 e. The number of hydrogen-bond acceptors (Lipinski definition) is 5. The van der Waals surface area contributed by atoms with Gasteiger partial charge in [-0.05, 0) is 48.9 Å². The van der Waals surface area contributed by atoms with Crippen LogP contribution in [0.5, 0.6) is 5.75 Å². The minimum atomic E-state index is -4.04. The standard InChI is InChI=1S/C23H22BrN3O4S/c1-2-31-22-14-7-6-13-21(22)27(32(29,30)20-11-4-3-5-12-20)17-23(28)26-25-16-18-9-8-10-19(24)15-18/h3-16H,2,17H2,1H3,(H,26,28)/b25-16+. The zero-order chi connectivity index (χ0) is 23.0. The molecular formula is C23H22BrN3O4S. The van der Waals surface area contributed by atoms with Crippen molar-refractivity contribution in [3.8, 4) is 5.75 Å². The maximum atomic E-state index is 13.4. The van der Waals surface area contributed by atoms with Crippen molar-refractivity contribution >= 4 is 43.8 Å². The summed E-state index contributed by atoms with van der Waals surface area (Å²) in [6, 6.07) is 22.0. The Labute approximate surface area is 195 Å². The third-order valence-corrected chi connectivity index (χ3v) is 6.57. The van der Waals surface area contributed by atoms with E-state index in [1.807, 2.05) is 24.3 Å². The number of ether oxygens (including phenoxy) is 1. The molecule has 0 unspecified atom stereocenters. The van der Waals surface area contributed by atoms with E-state index in [2.05, 4.69) is 26.5 Å². The second kappa shape index (κ2) is 10.9. The van der Waals surface area contributed by atoms with Gasteiger partial charge in [0.1, 0.15) is 12.3 Å². The molecule has 0 fully saturated rings. The van der Waals surface area contributed by atoms with Crippen LogP contribution in [0.4, 0.5) is 5.69 Å². The summed E-state index contributed by atoms with van der Waals surface area (Å²) in [5.41, 5.74) is 3.44. The Morgan fingerprint density at radius 2 is 1.78 bits per heavy atom. The van der Waals surface area contributed by atoms with Crippen LogP contribution in [0.2, 0.25) is 0 Å². The monoisotopic (exact) mass is 515 g/mol. The second-order valence-electron chi connectivity index (χ2n) is 6.57. The van der Waals surface area contributed by atoms with Crippen molar-refractivity contribution < 1.29 is 17.9 Å². The van der Waals surface area contributed by atoms with Gasteiger partial charge >= 0.3 is 0 Å². The van der Waals surface area contributed by atoms with E-state index in [-0.39, 0.29) is 10.6 Å². The average Bonchev–Trinajstić information content (AvgIpc) is 2.79. The van der Waals surface area contributed by atoms with Gasteiger partial charge in [-0.2, -0.15) is 5.10 Å². The van der Waals surface area contributed by atoms with Gasteiger partial charge in [0.15, 0.2) is 0 Å². The van der Waals surface area contributed by atoms with Crippen LogP contribution in [0, 0.1) is 0 Å². The van der Waals surface area contributed by atoms with E-state index in [0.717, 1.165) is 14.3 Å². The zero-order valence-electron chi connectivity index (χ0n) is 17.3. The summed E-state index contributed by atoms with van der Waals surface area (Å²) in [4.78, 5) is 12.7. The Morgan fingerprint density at radius 3 is 2.50 bits per heavy atom. The first kappa shape index (κ1) is 23.5. The van der Waals surface area contributed by atoms with Gasteiger partial charge in [-0.25, -0.2) is 13.8 Å². The van der Waals surface area contributed by atoms with Gasteiger partial charge in [-0.1, -0.05) is 58.4 Å². The van der Waals surface area contributed by atoms with Crippen LogP contribution < -0.4 is 14.5 Å². The number of rotatable bonds is 9. The lowest BCUT2D eigenvalue weighted by Crippen LogP contribution is -2.39. The highest BCUT2D eigenvalue weighted by atomic mass is 79.9. The van der Waals surface area contributed by atoms with Gasteiger partial charge < -0.3 is 4.74 Å². The molecule has 166 valence electrons. The molecule has 9 heteroatoms. The molecule has 0 aromatic heterocycles. The largest absolute Gasteiger partial charge is 0.492 e. The van der Waals surface area contributed by atoms with Crippen LogP contribution in [-0.2, 0) is 14.8 Å². The lowest BCUT2D eigenvalue weighted by atomic mass is 10.2. The Balaban J connectivity index is 1.89. The molecule has 3 aromatic rings. The fourth-order valence-electron chi connectivity index (χ4n) is 2.89. The van der Waals surface area contributed by atoms with Gasteiger partial charge in [0.2, 0.25) is 0 Å². The fraction of sp³-hybridized carbons (Fsp3) is 0.130. The second-order valence-corrected chi connectivity index (χ2v) is 9.35. The summed E-state index contributed by atoms with van der Waals surface area (Å²) in [5.74, 6) is -0.234. The average molecular weight is 516 g/mol. The Bertz CT molecular complexity index is 1200. The zero-order valence-corrected chi connectivity index (χ0v) is 19.7. The van der Waals surface area contributed by atoms with E-state index in [1.165, 1.54) is 18.3 Å². The van der Waals surface area contributed by atoms with Gasteiger partial charge in [0.05, 0.1) is 23.4 Å². The van der Waals surface area contributed by atoms with Crippen molar-refractivity contribution in [2.24, 2.45) is 5.10 Å². The van der Waals surface area contributed by atoms with E-state index >= 15 is 0 Å². The minimum absolute atomic E-state index is 0.0664. The molecule has 7 nitrogen and oxygen atoms in total. The molecule has 0 saturated carbocycles. The number of hydrazone groups is 1. The molecule has 3 aromatic carbocycles. The molecule has 1 N–H and O–H groups in total. The lowest BCUT2D eigenvalue weighted by molar-refractivity contribution is -0.119. The highest BCUT2D eigenvalue weighted by Gasteiger charge is 2.29. The van der Waals surface area contributed by atoms with Crippen molar-refractivity contribution in [2.45, 2.75) is 11.8 Å². The van der Waals surface area contributed by atoms with Gasteiger partial charge in [-0.15, -0.1) is 0 Å². The van der Waals surface area contributed by atoms with Crippen LogP contribution in [-0.4, -0.2) is 33.7 Å². The van der Waals surface area contributed by atoms with Gasteiger partial charge in [0.25, 0.3) is 15.9 Å². The molecule has 0 spiro atoms. The highest BCUT2D eigenvalue weighted by Crippen LogP contribution is 2.32. The predicted molar refractivity (Wildman–Crippen MR) is 128 cm³/mol. The molecule has 0 saturated heterocycles. The van der Waals surface area contributed by atoms with Crippen molar-refractivity contribution in [2.75, 3.05) is 17.5 Å². The number of nitrogens with zero attached hydrogens (tertiary/aromatic N) is 2. The Hall–Kier alpha value is -3.17. The molecule has 0 radical (unpaired) electrons. The number of nitrogens with one attached hydrogen (secondary N) is 1. The number of halogens is 1. The number of amides is 1.